The molecule has 34 heavy (non-hydrogen) atoms. The molecule has 0 bridgehead atoms. The van der Waals surface area contributed by atoms with Crippen molar-refractivity contribution in [2.45, 2.75) is 51.7 Å². The number of aryl methyl sites for hydroxylation is 2. The molecule has 1 aromatic carbocycles. The van der Waals surface area contributed by atoms with Crippen LogP contribution >= 0.6 is 0 Å². The summed E-state index contributed by atoms with van der Waals surface area (Å²) in [5.41, 5.74) is 1.33. The molecule has 1 saturated heterocycles. The number of amides is 1. The fourth-order valence-electron chi connectivity index (χ4n) is 4.47. The average Bonchev–Trinajstić information content (AvgIpc) is 2.83. The SMILES string of the molecule is Cc1ccc(-c2ncccn2)c(C(=O)N2CCC[C@@H](C)[C@H]2CCc2ncc(C(F)(F)F)cn2)c1. The predicted molar refractivity (Wildman–Crippen MR) is 121 cm³/mol. The predicted octanol–water partition coefficient (Wildman–Crippen LogP) is 5.13. The molecule has 1 aliphatic rings. The molecule has 4 rings (SSSR count). The van der Waals surface area contributed by atoms with E-state index >= 15 is 0 Å². The lowest BCUT2D eigenvalue weighted by molar-refractivity contribution is -0.138. The van der Waals surface area contributed by atoms with Crippen LogP contribution in [-0.4, -0.2) is 43.3 Å². The molecule has 1 aliphatic heterocycles. The van der Waals surface area contributed by atoms with Gasteiger partial charge in [0, 0.05) is 49.4 Å². The van der Waals surface area contributed by atoms with E-state index in [1.807, 2.05) is 30.0 Å². The number of halogens is 3. The van der Waals surface area contributed by atoms with Crippen molar-refractivity contribution in [2.24, 2.45) is 5.92 Å². The van der Waals surface area contributed by atoms with Crippen LogP contribution in [0.25, 0.3) is 11.4 Å². The minimum Gasteiger partial charge on any atom is -0.335 e. The van der Waals surface area contributed by atoms with Crippen LogP contribution in [0.3, 0.4) is 0 Å². The number of hydrogen-bond donors (Lipinski definition) is 0. The highest BCUT2D eigenvalue weighted by Gasteiger charge is 2.34. The van der Waals surface area contributed by atoms with Crippen molar-refractivity contribution in [3.05, 3.63) is 71.6 Å². The van der Waals surface area contributed by atoms with Crippen LogP contribution in [0, 0.1) is 12.8 Å². The van der Waals surface area contributed by atoms with Crippen LogP contribution in [0.2, 0.25) is 0 Å². The quantitative estimate of drug-likeness (QED) is 0.518. The van der Waals surface area contributed by atoms with Gasteiger partial charge in [0.1, 0.15) is 5.82 Å². The number of rotatable bonds is 5. The normalized spacial score (nSPS) is 18.7. The van der Waals surface area contributed by atoms with Gasteiger partial charge in [-0.05, 0) is 44.2 Å². The maximum Gasteiger partial charge on any atom is 0.419 e. The van der Waals surface area contributed by atoms with E-state index in [1.54, 1.807) is 18.5 Å². The summed E-state index contributed by atoms with van der Waals surface area (Å²) in [6, 6.07) is 7.32. The van der Waals surface area contributed by atoms with Crippen molar-refractivity contribution in [3.63, 3.8) is 0 Å². The van der Waals surface area contributed by atoms with Crippen molar-refractivity contribution in [2.75, 3.05) is 6.54 Å². The molecule has 3 aromatic rings. The number of carbonyl (C=O) groups excluding carboxylic acids is 1. The van der Waals surface area contributed by atoms with Crippen LogP contribution in [0.15, 0.2) is 49.1 Å². The van der Waals surface area contributed by atoms with Crippen molar-refractivity contribution < 1.29 is 18.0 Å². The first kappa shape index (κ1) is 23.8. The summed E-state index contributed by atoms with van der Waals surface area (Å²) < 4.78 is 38.4. The van der Waals surface area contributed by atoms with Gasteiger partial charge in [-0.25, -0.2) is 19.9 Å². The van der Waals surface area contributed by atoms with Gasteiger partial charge in [0.15, 0.2) is 5.82 Å². The van der Waals surface area contributed by atoms with Gasteiger partial charge in [0.05, 0.1) is 11.1 Å². The molecule has 2 aromatic heterocycles. The molecule has 0 saturated carbocycles. The molecular formula is C25H26F3N5O. The number of alkyl halides is 3. The number of aromatic nitrogens is 4. The van der Waals surface area contributed by atoms with Crippen molar-refractivity contribution in [3.8, 4) is 11.4 Å². The summed E-state index contributed by atoms with van der Waals surface area (Å²) in [7, 11) is 0. The lowest BCUT2D eigenvalue weighted by atomic mass is 9.87. The fourth-order valence-corrected chi connectivity index (χ4v) is 4.47. The third kappa shape index (κ3) is 5.24. The topological polar surface area (TPSA) is 71.9 Å². The largest absolute Gasteiger partial charge is 0.419 e. The summed E-state index contributed by atoms with van der Waals surface area (Å²) >= 11 is 0. The zero-order valence-corrected chi connectivity index (χ0v) is 19.1. The maximum absolute atomic E-state index is 13.8. The molecule has 2 atom stereocenters. The zero-order chi connectivity index (χ0) is 24.3. The molecule has 0 unspecified atom stereocenters. The summed E-state index contributed by atoms with van der Waals surface area (Å²) in [4.78, 5) is 32.1. The van der Waals surface area contributed by atoms with Crippen LogP contribution < -0.4 is 0 Å². The third-order valence-corrected chi connectivity index (χ3v) is 6.29. The van der Waals surface area contributed by atoms with Gasteiger partial charge >= 0.3 is 6.18 Å². The minimum atomic E-state index is -4.46. The number of carbonyl (C=O) groups is 1. The lowest BCUT2D eigenvalue weighted by Gasteiger charge is -2.40. The van der Waals surface area contributed by atoms with Crippen molar-refractivity contribution >= 4 is 5.91 Å². The number of likely N-dealkylation sites (tertiary alicyclic amines) is 1. The second-order valence-electron chi connectivity index (χ2n) is 8.73. The Bertz CT molecular complexity index is 1140. The first-order valence-corrected chi connectivity index (χ1v) is 11.3. The Morgan fingerprint density at radius 2 is 1.82 bits per heavy atom. The van der Waals surface area contributed by atoms with Gasteiger partial charge in [0.25, 0.3) is 5.91 Å². The van der Waals surface area contributed by atoms with Gasteiger partial charge in [-0.2, -0.15) is 13.2 Å². The van der Waals surface area contributed by atoms with Crippen LogP contribution in [0.5, 0.6) is 0 Å². The number of piperidine rings is 1. The molecule has 1 fully saturated rings. The van der Waals surface area contributed by atoms with Gasteiger partial charge in [0.2, 0.25) is 0 Å². The Labute approximate surface area is 196 Å². The second kappa shape index (κ2) is 9.87. The van der Waals surface area contributed by atoms with Crippen LogP contribution in [-0.2, 0) is 12.6 Å². The van der Waals surface area contributed by atoms with E-state index in [-0.39, 0.29) is 17.9 Å². The highest BCUT2D eigenvalue weighted by molar-refractivity contribution is 6.00. The molecule has 6 nitrogen and oxygen atoms in total. The van der Waals surface area contributed by atoms with E-state index in [0.29, 0.717) is 42.2 Å². The molecule has 0 aliphatic carbocycles. The smallest absolute Gasteiger partial charge is 0.335 e. The van der Waals surface area contributed by atoms with E-state index in [0.717, 1.165) is 30.8 Å². The van der Waals surface area contributed by atoms with E-state index in [2.05, 4.69) is 26.9 Å². The molecular weight excluding hydrogens is 443 g/mol. The van der Waals surface area contributed by atoms with Gasteiger partial charge in [-0.1, -0.05) is 24.6 Å². The fraction of sp³-hybridized carbons (Fsp3) is 0.400. The number of hydrogen-bond acceptors (Lipinski definition) is 5. The standard InChI is InChI=1S/C25H26F3N5O/c1-16-6-7-19(23-29-10-4-11-30-23)20(13-16)24(34)33-12-3-5-17(2)21(33)8-9-22-31-14-18(15-32-22)25(26,27)28/h4,6-7,10-11,13-15,17,21H,3,5,8-9,12H2,1-2H3/t17-,21-/m1/s1. The maximum atomic E-state index is 13.8. The highest BCUT2D eigenvalue weighted by Crippen LogP contribution is 2.31. The summed E-state index contributed by atoms with van der Waals surface area (Å²) in [6.45, 7) is 4.66. The van der Waals surface area contributed by atoms with Gasteiger partial charge in [-0.3, -0.25) is 4.79 Å². The Hall–Kier alpha value is -3.36. The monoisotopic (exact) mass is 469 g/mol. The van der Waals surface area contributed by atoms with Crippen LogP contribution in [0.4, 0.5) is 13.2 Å². The third-order valence-electron chi connectivity index (χ3n) is 6.29. The van der Waals surface area contributed by atoms with Gasteiger partial charge < -0.3 is 4.90 Å². The average molecular weight is 470 g/mol. The Morgan fingerprint density at radius 1 is 1.12 bits per heavy atom. The van der Waals surface area contributed by atoms with E-state index in [9.17, 15) is 18.0 Å². The van der Waals surface area contributed by atoms with Gasteiger partial charge in [-0.15, -0.1) is 0 Å². The molecule has 3 heterocycles. The molecule has 9 heteroatoms. The van der Waals surface area contributed by atoms with E-state index in [4.69, 9.17) is 0 Å². The van der Waals surface area contributed by atoms with Crippen LogP contribution in [0.1, 0.15) is 53.5 Å². The van der Waals surface area contributed by atoms with Crippen molar-refractivity contribution in [1.29, 1.82) is 0 Å². The molecule has 1 amide bonds. The molecule has 0 spiro atoms. The Balaban J connectivity index is 1.57. The molecule has 0 N–H and O–H groups in total. The summed E-state index contributed by atoms with van der Waals surface area (Å²) in [5, 5.41) is 0. The molecule has 0 radical (unpaired) electrons. The number of nitrogens with zero attached hydrogens (tertiary/aromatic N) is 5. The first-order chi connectivity index (χ1) is 16.2. The summed E-state index contributed by atoms with van der Waals surface area (Å²) in [6.07, 6.45) is 3.28. The lowest BCUT2D eigenvalue weighted by Crippen LogP contribution is -2.48. The zero-order valence-electron chi connectivity index (χ0n) is 19.1. The summed E-state index contributed by atoms with van der Waals surface area (Å²) in [5.74, 6) is 0.988. The first-order valence-electron chi connectivity index (χ1n) is 11.3. The number of benzene rings is 1. The highest BCUT2D eigenvalue weighted by atomic mass is 19.4. The minimum absolute atomic E-state index is 0.0720. The Kier molecular flexibility index (Phi) is 6.90. The molecule has 178 valence electrons. The van der Waals surface area contributed by atoms with E-state index < -0.39 is 11.7 Å². The Morgan fingerprint density at radius 3 is 2.50 bits per heavy atom. The second-order valence-corrected chi connectivity index (χ2v) is 8.73. The van der Waals surface area contributed by atoms with Crippen molar-refractivity contribution in [1.82, 2.24) is 24.8 Å². The van der Waals surface area contributed by atoms with E-state index in [1.165, 1.54) is 0 Å².